The van der Waals surface area contributed by atoms with Crippen molar-refractivity contribution in [2.75, 3.05) is 0 Å². The monoisotopic (exact) mass is 805 g/mol. The van der Waals surface area contributed by atoms with Crippen LogP contribution in [0.4, 0.5) is 0 Å². The number of thiophene rings is 1. The van der Waals surface area contributed by atoms with Gasteiger partial charge in [-0.15, -0.1) is 11.3 Å². The Labute approximate surface area is 363 Å². The molecule has 0 N–H and O–H groups in total. The van der Waals surface area contributed by atoms with Crippen molar-refractivity contribution in [3.05, 3.63) is 235 Å². The number of fused-ring (bicyclic) bond motifs is 13. The average molecular weight is 806 g/mol. The summed E-state index contributed by atoms with van der Waals surface area (Å²) in [6.07, 6.45) is 0. The third kappa shape index (κ3) is 5.14. The summed E-state index contributed by atoms with van der Waals surface area (Å²) in [5, 5.41) is 2.62. The van der Waals surface area contributed by atoms with Gasteiger partial charge in [-0.1, -0.05) is 194 Å². The van der Waals surface area contributed by atoms with E-state index in [1.165, 1.54) is 75.8 Å². The molecule has 288 valence electrons. The number of hydrogen-bond acceptors (Lipinski definition) is 4. The second-order valence-electron chi connectivity index (χ2n) is 16.3. The Balaban J connectivity index is 0.929. The lowest BCUT2D eigenvalue weighted by atomic mass is 9.70. The van der Waals surface area contributed by atoms with E-state index < -0.39 is 5.41 Å². The van der Waals surface area contributed by atoms with Crippen LogP contribution in [0.2, 0.25) is 0 Å². The van der Waals surface area contributed by atoms with Gasteiger partial charge in [0.25, 0.3) is 0 Å². The van der Waals surface area contributed by atoms with Crippen molar-refractivity contribution in [2.24, 2.45) is 0 Å². The van der Waals surface area contributed by atoms with E-state index in [0.29, 0.717) is 17.5 Å². The van der Waals surface area contributed by atoms with E-state index >= 15 is 0 Å². The van der Waals surface area contributed by atoms with Gasteiger partial charge in [0.05, 0.1) is 5.41 Å². The maximum absolute atomic E-state index is 5.20. The Hall–Kier alpha value is -7.79. The first-order valence-electron chi connectivity index (χ1n) is 21.1. The molecule has 0 fully saturated rings. The van der Waals surface area contributed by atoms with Crippen LogP contribution in [-0.4, -0.2) is 15.0 Å². The first kappa shape index (κ1) is 35.0. The normalized spacial score (nSPS) is 13.0. The lowest BCUT2D eigenvalue weighted by molar-refractivity contribution is 0.794. The minimum Gasteiger partial charge on any atom is -0.208 e. The molecule has 4 heteroatoms. The average Bonchev–Trinajstić information content (AvgIpc) is 3.98. The highest BCUT2D eigenvalue weighted by molar-refractivity contribution is 7.25. The summed E-state index contributed by atoms with van der Waals surface area (Å²) in [7, 11) is 0. The zero-order chi connectivity index (χ0) is 40.8. The van der Waals surface area contributed by atoms with Crippen LogP contribution >= 0.6 is 11.3 Å². The maximum Gasteiger partial charge on any atom is 0.164 e. The second-order valence-corrected chi connectivity index (χ2v) is 17.3. The molecule has 13 rings (SSSR count). The minimum absolute atomic E-state index is 0.401. The molecule has 0 radical (unpaired) electrons. The number of nitrogens with zero attached hydrogens (tertiary/aromatic N) is 3. The van der Waals surface area contributed by atoms with Gasteiger partial charge in [0.1, 0.15) is 0 Å². The van der Waals surface area contributed by atoms with Gasteiger partial charge in [-0.25, -0.2) is 15.0 Å². The fourth-order valence-electron chi connectivity index (χ4n) is 10.3. The third-order valence-electron chi connectivity index (χ3n) is 13.0. The Morgan fingerprint density at radius 2 is 0.774 bits per heavy atom. The van der Waals surface area contributed by atoms with Gasteiger partial charge < -0.3 is 0 Å². The molecular formula is C58H35N3S. The maximum atomic E-state index is 5.20. The van der Waals surface area contributed by atoms with Crippen molar-refractivity contribution in [2.45, 2.75) is 5.41 Å². The molecule has 0 atom stereocenters. The van der Waals surface area contributed by atoms with Crippen molar-refractivity contribution in [3.8, 4) is 78.7 Å². The van der Waals surface area contributed by atoms with Crippen LogP contribution in [0.5, 0.6) is 0 Å². The van der Waals surface area contributed by atoms with Crippen LogP contribution in [-0.2, 0) is 5.41 Å². The van der Waals surface area contributed by atoms with Gasteiger partial charge in [-0.05, 0) is 85.0 Å². The van der Waals surface area contributed by atoms with Gasteiger partial charge in [-0.2, -0.15) is 0 Å². The molecule has 2 heterocycles. The predicted octanol–water partition coefficient (Wildman–Crippen LogP) is 14.9. The number of benzene rings is 9. The molecule has 0 amide bonds. The van der Waals surface area contributed by atoms with E-state index in [1.807, 2.05) is 29.5 Å². The first-order chi connectivity index (χ1) is 30.7. The van der Waals surface area contributed by atoms with Crippen LogP contribution in [0.3, 0.4) is 0 Å². The van der Waals surface area contributed by atoms with Crippen LogP contribution in [0.15, 0.2) is 212 Å². The van der Waals surface area contributed by atoms with Gasteiger partial charge in [0, 0.05) is 36.9 Å². The fraction of sp³-hybridized carbons (Fsp3) is 0.0172. The molecule has 0 bridgehead atoms. The van der Waals surface area contributed by atoms with Crippen LogP contribution < -0.4 is 0 Å². The number of rotatable bonds is 5. The van der Waals surface area contributed by atoms with Crippen LogP contribution in [0, 0.1) is 0 Å². The molecule has 0 saturated carbocycles. The molecule has 0 saturated heterocycles. The summed E-state index contributed by atoms with van der Waals surface area (Å²) in [5.41, 5.74) is 17.6. The van der Waals surface area contributed by atoms with E-state index in [0.717, 1.165) is 27.8 Å². The Bertz CT molecular complexity index is 3540. The molecule has 9 aromatic carbocycles. The summed E-state index contributed by atoms with van der Waals surface area (Å²) >= 11 is 1.84. The minimum atomic E-state index is -0.401. The third-order valence-corrected chi connectivity index (χ3v) is 14.1. The van der Waals surface area contributed by atoms with E-state index in [9.17, 15) is 0 Å². The van der Waals surface area contributed by atoms with Crippen molar-refractivity contribution in [1.82, 2.24) is 15.0 Å². The highest BCUT2D eigenvalue weighted by atomic mass is 32.1. The molecule has 2 aromatic heterocycles. The van der Waals surface area contributed by atoms with Crippen molar-refractivity contribution >= 4 is 31.5 Å². The lowest BCUT2D eigenvalue weighted by Gasteiger charge is -2.30. The molecule has 1 spiro atoms. The highest BCUT2D eigenvalue weighted by Crippen LogP contribution is 2.64. The standard InChI is InChI=1S/C58H35N3S/c1-2-14-37(15-3-1)55-59-56(38-30-28-36(29-31-38)39-32-33-46-45-20-7-11-27-52(45)62-53(46)35-39)61-57(60-55)41-17-12-16-40(34-41)42-22-13-26-51-54(42)47-21-6-10-25-50(47)58(51)48-23-8-4-18-43(48)44-19-5-9-24-49(44)58/h1-35H. The molecule has 3 nitrogen and oxygen atoms in total. The molecule has 0 aliphatic heterocycles. The molecule has 62 heavy (non-hydrogen) atoms. The van der Waals surface area contributed by atoms with Crippen molar-refractivity contribution < 1.29 is 0 Å². The topological polar surface area (TPSA) is 38.7 Å². The quantitative estimate of drug-likeness (QED) is 0.174. The first-order valence-corrected chi connectivity index (χ1v) is 21.9. The number of hydrogen-bond donors (Lipinski definition) is 0. The zero-order valence-electron chi connectivity index (χ0n) is 33.5. The number of aromatic nitrogens is 3. The van der Waals surface area contributed by atoms with Crippen LogP contribution in [0.25, 0.3) is 98.8 Å². The Morgan fingerprint density at radius 3 is 1.52 bits per heavy atom. The lowest BCUT2D eigenvalue weighted by Crippen LogP contribution is -2.25. The summed E-state index contributed by atoms with van der Waals surface area (Å²) in [6, 6.07) is 76.8. The molecule has 2 aliphatic carbocycles. The van der Waals surface area contributed by atoms with E-state index in [-0.39, 0.29) is 0 Å². The van der Waals surface area contributed by atoms with Gasteiger partial charge in [0.15, 0.2) is 17.5 Å². The molecule has 2 aliphatic rings. The zero-order valence-corrected chi connectivity index (χ0v) is 34.3. The van der Waals surface area contributed by atoms with E-state index in [2.05, 4.69) is 194 Å². The summed E-state index contributed by atoms with van der Waals surface area (Å²) in [5.74, 6) is 1.92. The highest BCUT2D eigenvalue weighted by Gasteiger charge is 2.51. The summed E-state index contributed by atoms with van der Waals surface area (Å²) < 4.78 is 2.61. The van der Waals surface area contributed by atoms with E-state index in [4.69, 9.17) is 15.0 Å². The molecular weight excluding hydrogens is 771 g/mol. The Morgan fingerprint density at radius 1 is 0.290 bits per heavy atom. The fourth-order valence-corrected chi connectivity index (χ4v) is 11.4. The van der Waals surface area contributed by atoms with Crippen molar-refractivity contribution in [1.29, 1.82) is 0 Å². The van der Waals surface area contributed by atoms with E-state index in [1.54, 1.807) is 0 Å². The molecule has 11 aromatic rings. The second kappa shape index (κ2) is 13.6. The SMILES string of the molecule is c1ccc(-c2nc(-c3ccc(-c4ccc5c(c4)sc4ccccc45)cc3)nc(-c3cccc(-c4cccc5c4-c4ccccc4C54c5ccccc5-c5ccccc54)c3)n2)cc1. The molecule has 0 unspecified atom stereocenters. The van der Waals surface area contributed by atoms with Crippen LogP contribution in [0.1, 0.15) is 22.3 Å². The smallest absolute Gasteiger partial charge is 0.164 e. The Kier molecular flexibility index (Phi) is 7.69. The summed E-state index contributed by atoms with van der Waals surface area (Å²) in [6.45, 7) is 0. The van der Waals surface area contributed by atoms with Crippen molar-refractivity contribution in [3.63, 3.8) is 0 Å². The largest absolute Gasteiger partial charge is 0.208 e. The van der Waals surface area contributed by atoms with Gasteiger partial charge in [0.2, 0.25) is 0 Å². The van der Waals surface area contributed by atoms with Gasteiger partial charge in [-0.3, -0.25) is 0 Å². The summed E-state index contributed by atoms with van der Waals surface area (Å²) in [4.78, 5) is 15.4. The predicted molar refractivity (Wildman–Crippen MR) is 256 cm³/mol. The van der Waals surface area contributed by atoms with Gasteiger partial charge >= 0.3 is 0 Å².